The lowest BCUT2D eigenvalue weighted by Gasteiger charge is -2.11. The van der Waals surface area contributed by atoms with Crippen molar-refractivity contribution in [2.45, 2.75) is 26.3 Å². The fourth-order valence-electron chi connectivity index (χ4n) is 2.14. The van der Waals surface area contributed by atoms with Crippen molar-refractivity contribution in [3.05, 3.63) is 18.2 Å². The van der Waals surface area contributed by atoms with Gasteiger partial charge in [-0.1, -0.05) is 0 Å². The van der Waals surface area contributed by atoms with E-state index < -0.39 is 10.2 Å². The second-order valence-corrected chi connectivity index (χ2v) is 7.31. The third-order valence-electron chi connectivity index (χ3n) is 3.10. The second-order valence-electron chi connectivity index (χ2n) is 5.77. The first kappa shape index (κ1) is 19.3. The van der Waals surface area contributed by atoms with Gasteiger partial charge in [0.2, 0.25) is 0 Å². The van der Waals surface area contributed by atoms with E-state index in [1.165, 1.54) is 0 Å². The van der Waals surface area contributed by atoms with Crippen LogP contribution in [-0.4, -0.2) is 46.7 Å². The van der Waals surface area contributed by atoms with Crippen LogP contribution in [0.3, 0.4) is 0 Å². The van der Waals surface area contributed by atoms with Crippen LogP contribution >= 0.6 is 0 Å². The Hall–Kier alpha value is -2.04. The molecule has 0 fully saturated rings. The van der Waals surface area contributed by atoms with Gasteiger partial charge >= 0.3 is 0 Å². The molecule has 25 heavy (non-hydrogen) atoms. The lowest BCUT2D eigenvalue weighted by molar-refractivity contribution is 0.297. The number of benzene rings is 1. The zero-order chi connectivity index (χ0) is 18.3. The zero-order valence-corrected chi connectivity index (χ0v) is 15.2. The topological polar surface area (TPSA) is 127 Å². The van der Waals surface area contributed by atoms with Crippen LogP contribution in [0.25, 0.3) is 0 Å². The number of nitrogens with two attached hydrogens (primary N) is 1. The number of nitrogens with one attached hydrogen (secondary N) is 3. The Balaban J connectivity index is 1.84. The molecule has 10 heteroatoms. The van der Waals surface area contributed by atoms with Crippen molar-refractivity contribution in [1.29, 1.82) is 0 Å². The van der Waals surface area contributed by atoms with Crippen molar-refractivity contribution < 1.29 is 17.9 Å². The van der Waals surface area contributed by atoms with E-state index in [0.717, 1.165) is 6.42 Å². The number of hydrogen-bond donors (Lipinski definition) is 4. The van der Waals surface area contributed by atoms with Gasteiger partial charge in [0.05, 0.1) is 19.8 Å². The number of ether oxygens (including phenoxy) is 2. The van der Waals surface area contributed by atoms with Crippen molar-refractivity contribution in [2.75, 3.05) is 31.6 Å². The quantitative estimate of drug-likeness (QED) is 0.312. The third-order valence-corrected chi connectivity index (χ3v) is 4.46. The molecular weight excluding hydrogens is 346 g/mol. The van der Waals surface area contributed by atoms with Gasteiger partial charge in [-0.3, -0.25) is 4.99 Å². The summed E-state index contributed by atoms with van der Waals surface area (Å²) in [6.45, 7) is 5.08. The molecule has 0 atom stereocenters. The van der Waals surface area contributed by atoms with E-state index in [4.69, 9.17) is 15.2 Å². The summed E-state index contributed by atoms with van der Waals surface area (Å²) in [5.74, 6) is 1.54. The number of rotatable bonds is 7. The summed E-state index contributed by atoms with van der Waals surface area (Å²) in [7, 11) is -3.51. The fraction of sp³-hybridized carbons (Fsp3) is 0.533. The average molecular weight is 371 g/mol. The minimum Gasteiger partial charge on any atom is -0.490 e. The molecule has 1 aliphatic heterocycles. The largest absolute Gasteiger partial charge is 0.490 e. The average Bonchev–Trinajstić information content (AvgIpc) is 2.75. The predicted octanol–water partition coefficient (Wildman–Crippen LogP) is 0.407. The van der Waals surface area contributed by atoms with Gasteiger partial charge in [0.15, 0.2) is 17.5 Å². The smallest absolute Gasteiger partial charge is 0.277 e. The van der Waals surface area contributed by atoms with Crippen LogP contribution in [0.5, 0.6) is 11.5 Å². The number of hydrogen-bond acceptors (Lipinski definition) is 5. The van der Waals surface area contributed by atoms with Gasteiger partial charge in [-0.2, -0.15) is 13.1 Å². The van der Waals surface area contributed by atoms with Gasteiger partial charge in [-0.05, 0) is 26.0 Å². The normalized spacial score (nSPS) is 15.1. The van der Waals surface area contributed by atoms with Crippen molar-refractivity contribution in [1.82, 2.24) is 9.44 Å². The monoisotopic (exact) mass is 371 g/mol. The molecule has 2 rings (SSSR count). The van der Waals surface area contributed by atoms with E-state index >= 15 is 0 Å². The molecular formula is C15H25N5O4S. The van der Waals surface area contributed by atoms with E-state index in [1.54, 1.807) is 19.9 Å². The summed E-state index contributed by atoms with van der Waals surface area (Å²) in [4.78, 5) is 4.09. The van der Waals surface area contributed by atoms with E-state index in [1.807, 2.05) is 12.1 Å². The van der Waals surface area contributed by atoms with Gasteiger partial charge in [0, 0.05) is 30.8 Å². The standard InChI is InChI=1S/C15H25N5O4S/c1-11(2)20-25(21,22)18-7-6-17-15(16)19-12-4-5-13-14(10-12)24-9-3-8-23-13/h4-5,10-11,18,20H,3,6-9H2,1-2H3,(H3,16,17,19). The minimum absolute atomic E-state index is 0.144. The maximum Gasteiger partial charge on any atom is 0.277 e. The molecule has 1 heterocycles. The van der Waals surface area contributed by atoms with Gasteiger partial charge < -0.3 is 20.5 Å². The van der Waals surface area contributed by atoms with Gasteiger partial charge in [-0.15, -0.1) is 0 Å². The number of fused-ring (bicyclic) bond motifs is 1. The van der Waals surface area contributed by atoms with Crippen molar-refractivity contribution in [3.8, 4) is 11.5 Å². The van der Waals surface area contributed by atoms with E-state index in [0.29, 0.717) is 30.4 Å². The van der Waals surface area contributed by atoms with Crippen LogP contribution in [-0.2, 0) is 10.2 Å². The summed E-state index contributed by atoms with van der Waals surface area (Å²) >= 11 is 0. The highest BCUT2D eigenvalue weighted by Crippen LogP contribution is 2.32. The highest BCUT2D eigenvalue weighted by Gasteiger charge is 2.11. The summed E-state index contributed by atoms with van der Waals surface area (Å²) in [6.07, 6.45) is 0.836. The molecule has 5 N–H and O–H groups in total. The Kier molecular flexibility index (Phi) is 6.85. The summed E-state index contributed by atoms with van der Waals surface area (Å²) in [6, 6.07) is 5.23. The molecule has 0 aliphatic carbocycles. The van der Waals surface area contributed by atoms with Crippen LogP contribution in [0, 0.1) is 0 Å². The lowest BCUT2D eigenvalue weighted by Crippen LogP contribution is -2.41. The maximum absolute atomic E-state index is 11.6. The molecule has 1 aliphatic rings. The number of nitrogens with zero attached hydrogens (tertiary/aromatic N) is 1. The molecule has 0 unspecified atom stereocenters. The summed E-state index contributed by atoms with van der Waals surface area (Å²) < 4.78 is 39.2. The molecule has 0 radical (unpaired) electrons. The highest BCUT2D eigenvalue weighted by atomic mass is 32.2. The molecule has 1 aromatic carbocycles. The Morgan fingerprint density at radius 3 is 2.72 bits per heavy atom. The number of aliphatic imine (C=N–C) groups is 1. The van der Waals surface area contributed by atoms with Crippen molar-refractivity contribution in [3.63, 3.8) is 0 Å². The Morgan fingerprint density at radius 1 is 1.28 bits per heavy atom. The predicted molar refractivity (Wildman–Crippen MR) is 97.4 cm³/mol. The Morgan fingerprint density at radius 2 is 2.00 bits per heavy atom. The third kappa shape index (κ3) is 6.77. The molecule has 0 aromatic heterocycles. The molecule has 0 spiro atoms. The second kappa shape index (κ2) is 8.88. The molecule has 0 saturated carbocycles. The molecule has 1 aromatic rings. The molecule has 0 saturated heterocycles. The van der Waals surface area contributed by atoms with Gasteiger partial charge in [-0.25, -0.2) is 4.72 Å². The van der Waals surface area contributed by atoms with Crippen molar-refractivity contribution >= 4 is 21.9 Å². The fourth-order valence-corrected chi connectivity index (χ4v) is 3.20. The van der Waals surface area contributed by atoms with Crippen molar-refractivity contribution in [2.24, 2.45) is 10.7 Å². The summed E-state index contributed by atoms with van der Waals surface area (Å²) in [5, 5.41) is 2.94. The van der Waals surface area contributed by atoms with Crippen LogP contribution in [0.4, 0.5) is 5.69 Å². The molecule has 9 nitrogen and oxygen atoms in total. The van der Waals surface area contributed by atoms with Gasteiger partial charge in [0.25, 0.3) is 10.2 Å². The minimum atomic E-state index is -3.51. The van der Waals surface area contributed by atoms with Crippen LogP contribution < -0.4 is 30.0 Å². The first-order valence-electron chi connectivity index (χ1n) is 8.09. The Labute approximate surface area is 148 Å². The van der Waals surface area contributed by atoms with Gasteiger partial charge in [0.1, 0.15) is 0 Å². The number of guanidine groups is 1. The first-order chi connectivity index (χ1) is 11.9. The molecule has 0 amide bonds. The first-order valence-corrected chi connectivity index (χ1v) is 9.57. The molecule has 140 valence electrons. The highest BCUT2D eigenvalue weighted by molar-refractivity contribution is 7.87. The molecule has 0 bridgehead atoms. The summed E-state index contributed by atoms with van der Waals surface area (Å²) in [5.41, 5.74) is 6.53. The van der Waals surface area contributed by atoms with Crippen LogP contribution in [0.2, 0.25) is 0 Å². The SMILES string of the molecule is CC(C)NS(=O)(=O)NCCN=C(N)Nc1ccc2c(c1)OCCCO2. The van der Waals surface area contributed by atoms with E-state index in [9.17, 15) is 8.42 Å². The number of anilines is 1. The van der Waals surface area contributed by atoms with E-state index in [-0.39, 0.29) is 25.1 Å². The lowest BCUT2D eigenvalue weighted by atomic mass is 10.3. The van der Waals surface area contributed by atoms with E-state index in [2.05, 4.69) is 19.8 Å². The van der Waals surface area contributed by atoms with Crippen LogP contribution in [0.15, 0.2) is 23.2 Å². The zero-order valence-electron chi connectivity index (χ0n) is 14.4. The van der Waals surface area contributed by atoms with Crippen LogP contribution in [0.1, 0.15) is 20.3 Å². The Bertz CT molecular complexity index is 706. The maximum atomic E-state index is 11.6.